The van der Waals surface area contributed by atoms with Gasteiger partial charge in [-0.1, -0.05) is 30.7 Å². The number of phenols is 2. The summed E-state index contributed by atoms with van der Waals surface area (Å²) >= 11 is 0. The molecule has 126 valence electrons. The van der Waals surface area contributed by atoms with E-state index < -0.39 is 0 Å². The first-order valence-electron chi connectivity index (χ1n) is 8.52. The van der Waals surface area contributed by atoms with Crippen LogP contribution in [0.2, 0.25) is 0 Å². The van der Waals surface area contributed by atoms with Crippen LogP contribution in [0.15, 0.2) is 35.9 Å². The van der Waals surface area contributed by atoms with Crippen molar-refractivity contribution in [1.82, 2.24) is 5.32 Å². The topological polar surface area (TPSA) is 52.5 Å². The second-order valence-corrected chi connectivity index (χ2v) is 6.68. The third kappa shape index (κ3) is 4.17. The molecule has 23 heavy (non-hydrogen) atoms. The number of benzene rings is 1. The predicted molar refractivity (Wildman–Crippen MR) is 96.1 cm³/mol. The highest BCUT2D eigenvalue weighted by molar-refractivity contribution is 5.51. The second kappa shape index (κ2) is 7.69. The van der Waals surface area contributed by atoms with Gasteiger partial charge in [0.25, 0.3) is 0 Å². The maximum absolute atomic E-state index is 10.5. The Bertz CT molecular complexity index is 581. The lowest BCUT2D eigenvalue weighted by atomic mass is 9.73. The lowest BCUT2D eigenvalue weighted by molar-refractivity contribution is 0.406. The van der Waals surface area contributed by atoms with Crippen LogP contribution in [0, 0.1) is 5.92 Å². The summed E-state index contributed by atoms with van der Waals surface area (Å²) in [6.45, 7) is 12.1. The highest BCUT2D eigenvalue weighted by Gasteiger charge is 2.29. The summed E-state index contributed by atoms with van der Waals surface area (Å²) in [6.07, 6.45) is 5.04. The molecule has 3 nitrogen and oxygen atoms in total. The van der Waals surface area contributed by atoms with Gasteiger partial charge >= 0.3 is 0 Å². The van der Waals surface area contributed by atoms with E-state index in [2.05, 4.69) is 31.8 Å². The van der Waals surface area contributed by atoms with Crippen molar-refractivity contribution in [2.75, 3.05) is 13.1 Å². The summed E-state index contributed by atoms with van der Waals surface area (Å²) in [5.74, 6) is 0.657. The number of hydrogen-bond acceptors (Lipinski definition) is 3. The fraction of sp³-hybridized carbons (Fsp3) is 0.500. The Labute approximate surface area is 139 Å². The van der Waals surface area contributed by atoms with E-state index in [9.17, 15) is 10.2 Å². The molecule has 0 unspecified atom stereocenters. The van der Waals surface area contributed by atoms with Gasteiger partial charge in [0.1, 0.15) is 11.5 Å². The largest absolute Gasteiger partial charge is 0.507 e. The minimum Gasteiger partial charge on any atom is -0.507 e. The van der Waals surface area contributed by atoms with Gasteiger partial charge in [0.15, 0.2) is 0 Å². The normalized spacial score (nSPS) is 21.1. The van der Waals surface area contributed by atoms with Crippen LogP contribution in [0.1, 0.15) is 50.7 Å². The molecule has 0 radical (unpaired) electrons. The molecule has 1 aliphatic rings. The fourth-order valence-electron chi connectivity index (χ4n) is 3.48. The molecule has 1 aliphatic carbocycles. The molecule has 0 fully saturated rings. The van der Waals surface area contributed by atoms with E-state index in [-0.39, 0.29) is 23.3 Å². The van der Waals surface area contributed by atoms with Crippen LogP contribution in [0.5, 0.6) is 11.5 Å². The molecule has 3 N–H and O–H groups in total. The number of aromatic hydroxyl groups is 2. The zero-order valence-electron chi connectivity index (χ0n) is 14.5. The second-order valence-electron chi connectivity index (χ2n) is 6.68. The number of phenolic OH excluding ortho intramolecular Hbond substituents is 2. The van der Waals surface area contributed by atoms with Crippen molar-refractivity contribution in [2.24, 2.45) is 5.92 Å². The third-order valence-electron chi connectivity index (χ3n) is 4.75. The van der Waals surface area contributed by atoms with Gasteiger partial charge in [-0.3, -0.25) is 0 Å². The first-order chi connectivity index (χ1) is 10.9. The van der Waals surface area contributed by atoms with Gasteiger partial charge in [0.05, 0.1) is 0 Å². The lowest BCUT2D eigenvalue weighted by Gasteiger charge is -2.31. The number of allylic oxidation sites excluding steroid dienone is 3. The van der Waals surface area contributed by atoms with Gasteiger partial charge in [0.2, 0.25) is 0 Å². The van der Waals surface area contributed by atoms with Crippen molar-refractivity contribution in [3.8, 4) is 11.5 Å². The summed E-state index contributed by atoms with van der Waals surface area (Å²) in [5, 5.41) is 24.3. The van der Waals surface area contributed by atoms with E-state index in [1.54, 1.807) is 12.1 Å². The molecule has 0 bridgehead atoms. The van der Waals surface area contributed by atoms with E-state index in [1.807, 2.05) is 6.92 Å². The molecule has 1 aromatic rings. The SMILES string of the molecule is C=C(C)[C@@H]1CCC(C)=C[C@H]1c1c(O)cc(CCNCC)cc1O. The van der Waals surface area contributed by atoms with Crippen LogP contribution in [0.4, 0.5) is 0 Å². The monoisotopic (exact) mass is 315 g/mol. The van der Waals surface area contributed by atoms with Gasteiger partial charge in [-0.15, -0.1) is 0 Å². The summed E-state index contributed by atoms with van der Waals surface area (Å²) < 4.78 is 0. The van der Waals surface area contributed by atoms with Gasteiger partial charge in [0, 0.05) is 11.5 Å². The average Bonchev–Trinajstić information content (AvgIpc) is 2.46. The number of hydrogen-bond donors (Lipinski definition) is 3. The number of rotatable bonds is 6. The minimum absolute atomic E-state index is 0.00377. The fourth-order valence-corrected chi connectivity index (χ4v) is 3.48. The zero-order chi connectivity index (χ0) is 17.0. The maximum atomic E-state index is 10.5. The average molecular weight is 315 g/mol. The van der Waals surface area contributed by atoms with Crippen molar-refractivity contribution >= 4 is 0 Å². The molecule has 2 atom stereocenters. The highest BCUT2D eigenvalue weighted by atomic mass is 16.3. The van der Waals surface area contributed by atoms with Gasteiger partial charge in [-0.2, -0.15) is 0 Å². The first-order valence-corrected chi connectivity index (χ1v) is 8.52. The molecule has 1 aromatic carbocycles. The van der Waals surface area contributed by atoms with Crippen LogP contribution in [0.3, 0.4) is 0 Å². The summed E-state index contributed by atoms with van der Waals surface area (Å²) in [6, 6.07) is 3.58. The van der Waals surface area contributed by atoms with Crippen LogP contribution in [-0.2, 0) is 6.42 Å². The van der Waals surface area contributed by atoms with Crippen LogP contribution in [-0.4, -0.2) is 23.3 Å². The summed E-state index contributed by atoms with van der Waals surface area (Å²) in [4.78, 5) is 0. The Morgan fingerprint density at radius 1 is 1.30 bits per heavy atom. The Hall–Kier alpha value is -1.74. The zero-order valence-corrected chi connectivity index (χ0v) is 14.5. The standard InChI is InChI=1S/C20H29NO2/c1-5-21-9-8-15-11-18(22)20(19(23)12-15)17-10-14(4)6-7-16(17)13(2)3/h10-12,16-17,21-23H,2,5-9H2,1,3-4H3/t16-,17+/m0/s1. The molecule has 2 rings (SSSR count). The molecule has 0 aromatic heterocycles. The quantitative estimate of drug-likeness (QED) is 0.543. The molecule has 0 amide bonds. The van der Waals surface area contributed by atoms with Crippen molar-refractivity contribution in [2.45, 2.75) is 46.0 Å². The molecule has 0 saturated carbocycles. The van der Waals surface area contributed by atoms with Gasteiger partial charge in [-0.05, 0) is 69.8 Å². The predicted octanol–water partition coefficient (Wildman–Crippen LogP) is 4.27. The minimum atomic E-state index is 0.00377. The molecule has 3 heteroatoms. The van der Waals surface area contributed by atoms with Crippen LogP contribution >= 0.6 is 0 Å². The third-order valence-corrected chi connectivity index (χ3v) is 4.75. The molecule has 0 spiro atoms. The number of likely N-dealkylation sites (N-methyl/N-ethyl adjacent to an activating group) is 1. The molecule has 0 heterocycles. The van der Waals surface area contributed by atoms with E-state index in [0.29, 0.717) is 5.56 Å². The Balaban J connectivity index is 2.34. The Kier molecular flexibility index (Phi) is 5.89. The Morgan fingerprint density at radius 2 is 1.96 bits per heavy atom. The van der Waals surface area contributed by atoms with Crippen molar-refractivity contribution < 1.29 is 10.2 Å². The van der Waals surface area contributed by atoms with E-state index >= 15 is 0 Å². The van der Waals surface area contributed by atoms with E-state index in [4.69, 9.17) is 0 Å². The smallest absolute Gasteiger partial charge is 0.123 e. The first kappa shape index (κ1) is 17.6. The highest BCUT2D eigenvalue weighted by Crippen LogP contribution is 2.46. The summed E-state index contributed by atoms with van der Waals surface area (Å²) in [7, 11) is 0. The molecule has 0 aliphatic heterocycles. The Morgan fingerprint density at radius 3 is 2.52 bits per heavy atom. The molecular formula is C20H29NO2. The molecule has 0 saturated heterocycles. The van der Waals surface area contributed by atoms with E-state index in [1.165, 1.54) is 5.57 Å². The van der Waals surface area contributed by atoms with Crippen molar-refractivity contribution in [3.63, 3.8) is 0 Å². The van der Waals surface area contributed by atoms with Crippen molar-refractivity contribution in [1.29, 1.82) is 0 Å². The maximum Gasteiger partial charge on any atom is 0.123 e. The van der Waals surface area contributed by atoms with Crippen LogP contribution < -0.4 is 5.32 Å². The molecular weight excluding hydrogens is 286 g/mol. The summed E-state index contributed by atoms with van der Waals surface area (Å²) in [5.41, 5.74) is 4.01. The van der Waals surface area contributed by atoms with E-state index in [0.717, 1.165) is 43.5 Å². The van der Waals surface area contributed by atoms with Gasteiger partial charge in [-0.25, -0.2) is 0 Å². The van der Waals surface area contributed by atoms with Gasteiger partial charge < -0.3 is 15.5 Å². The lowest BCUT2D eigenvalue weighted by Crippen LogP contribution is -2.18. The number of nitrogens with one attached hydrogen (secondary N) is 1. The van der Waals surface area contributed by atoms with Crippen molar-refractivity contribution in [3.05, 3.63) is 47.1 Å². The van der Waals surface area contributed by atoms with Crippen LogP contribution in [0.25, 0.3) is 0 Å².